The molecule has 1 fully saturated rings. The fraction of sp³-hybridized carbons (Fsp3) is 0.368. The summed E-state index contributed by atoms with van der Waals surface area (Å²) < 4.78 is 33.0. The number of rotatable bonds is 4. The smallest absolute Gasteiger partial charge is 0.246 e. The van der Waals surface area contributed by atoms with E-state index < -0.39 is 10.0 Å². The first-order chi connectivity index (χ1) is 12.0. The molecule has 0 spiro atoms. The maximum absolute atomic E-state index is 13.1. The van der Waals surface area contributed by atoms with Gasteiger partial charge >= 0.3 is 0 Å². The van der Waals surface area contributed by atoms with Crippen molar-refractivity contribution >= 4 is 21.8 Å². The van der Waals surface area contributed by atoms with E-state index in [4.69, 9.17) is 4.74 Å². The zero-order valence-corrected chi connectivity index (χ0v) is 16.1. The number of benzene rings is 2. The van der Waals surface area contributed by atoms with Crippen LogP contribution in [0, 0.1) is 6.92 Å². The Balaban J connectivity index is 1.82. The fourth-order valence-electron chi connectivity index (χ4n) is 3.16. The number of methoxy groups -OCH3 is 1. The van der Waals surface area contributed by atoms with Gasteiger partial charge in [0.15, 0.2) is 0 Å². The van der Waals surface area contributed by atoms with Crippen LogP contribution >= 0.6 is 11.8 Å². The molecule has 0 amide bonds. The molecule has 6 heteroatoms. The predicted molar refractivity (Wildman–Crippen MR) is 103 cm³/mol. The Morgan fingerprint density at radius 3 is 2.56 bits per heavy atom. The molecular formula is C19H23NO3S2. The Kier molecular flexibility index (Phi) is 5.71. The Bertz CT molecular complexity index is 836. The molecule has 25 heavy (non-hydrogen) atoms. The number of sulfonamides is 1. The van der Waals surface area contributed by atoms with E-state index in [2.05, 4.69) is 25.1 Å². The molecule has 1 aliphatic heterocycles. The van der Waals surface area contributed by atoms with Gasteiger partial charge in [-0.3, -0.25) is 0 Å². The molecule has 0 unspecified atom stereocenters. The van der Waals surface area contributed by atoms with Crippen molar-refractivity contribution in [3.8, 4) is 5.75 Å². The number of thioether (sulfide) groups is 1. The van der Waals surface area contributed by atoms with E-state index in [-0.39, 0.29) is 4.90 Å². The van der Waals surface area contributed by atoms with E-state index in [1.807, 2.05) is 17.8 Å². The minimum atomic E-state index is -3.55. The van der Waals surface area contributed by atoms with Crippen molar-refractivity contribution in [1.29, 1.82) is 0 Å². The quantitative estimate of drug-likeness (QED) is 0.811. The van der Waals surface area contributed by atoms with E-state index in [0.29, 0.717) is 24.1 Å². The van der Waals surface area contributed by atoms with Gasteiger partial charge in [-0.1, -0.05) is 36.4 Å². The van der Waals surface area contributed by atoms with Crippen LogP contribution in [-0.4, -0.2) is 38.7 Å². The summed E-state index contributed by atoms with van der Waals surface area (Å²) in [5.41, 5.74) is 2.57. The van der Waals surface area contributed by atoms with Crippen LogP contribution in [0.2, 0.25) is 0 Å². The highest BCUT2D eigenvalue weighted by molar-refractivity contribution is 7.99. The zero-order chi connectivity index (χ0) is 17.9. The van der Waals surface area contributed by atoms with E-state index in [9.17, 15) is 8.42 Å². The number of aryl methyl sites for hydroxylation is 1. The SMILES string of the molecule is COc1ccccc1S(=O)(=O)N1CCS[C@H](c2ccccc2C)CC1. The highest BCUT2D eigenvalue weighted by Gasteiger charge is 2.30. The molecule has 4 nitrogen and oxygen atoms in total. The van der Waals surface area contributed by atoms with Crippen LogP contribution in [-0.2, 0) is 10.0 Å². The number of nitrogens with zero attached hydrogens (tertiary/aromatic N) is 1. The van der Waals surface area contributed by atoms with Crippen molar-refractivity contribution in [3.63, 3.8) is 0 Å². The highest BCUT2D eigenvalue weighted by Crippen LogP contribution is 2.37. The molecule has 2 aromatic carbocycles. The maximum Gasteiger partial charge on any atom is 0.246 e. The number of hydrogen-bond donors (Lipinski definition) is 0. The lowest BCUT2D eigenvalue weighted by atomic mass is 10.0. The molecule has 1 atom stereocenters. The van der Waals surface area contributed by atoms with Crippen molar-refractivity contribution < 1.29 is 13.2 Å². The first kappa shape index (κ1) is 18.3. The largest absolute Gasteiger partial charge is 0.495 e. The molecular weight excluding hydrogens is 354 g/mol. The zero-order valence-electron chi connectivity index (χ0n) is 14.5. The molecule has 2 aromatic rings. The van der Waals surface area contributed by atoms with Crippen LogP contribution < -0.4 is 4.74 Å². The van der Waals surface area contributed by atoms with Gasteiger partial charge in [-0.2, -0.15) is 16.1 Å². The number of para-hydroxylation sites is 1. The van der Waals surface area contributed by atoms with Gasteiger partial charge < -0.3 is 4.74 Å². The summed E-state index contributed by atoms with van der Waals surface area (Å²) in [4.78, 5) is 0.247. The Morgan fingerprint density at radius 1 is 1.08 bits per heavy atom. The van der Waals surface area contributed by atoms with E-state index >= 15 is 0 Å². The first-order valence-corrected chi connectivity index (χ1v) is 10.8. The van der Waals surface area contributed by atoms with Gasteiger partial charge in [0.05, 0.1) is 7.11 Å². The van der Waals surface area contributed by atoms with E-state index in [0.717, 1.165) is 12.2 Å². The van der Waals surface area contributed by atoms with Gasteiger partial charge in [-0.15, -0.1) is 0 Å². The lowest BCUT2D eigenvalue weighted by Gasteiger charge is -2.21. The summed E-state index contributed by atoms with van der Waals surface area (Å²) in [6.07, 6.45) is 0.809. The third-order valence-electron chi connectivity index (χ3n) is 4.52. The van der Waals surface area contributed by atoms with Crippen LogP contribution in [0.3, 0.4) is 0 Å². The van der Waals surface area contributed by atoms with Crippen molar-refractivity contribution in [2.24, 2.45) is 0 Å². The molecule has 1 heterocycles. The molecule has 1 aliphatic rings. The van der Waals surface area contributed by atoms with Crippen molar-refractivity contribution in [3.05, 3.63) is 59.7 Å². The molecule has 0 aliphatic carbocycles. The third-order valence-corrected chi connectivity index (χ3v) is 7.77. The second-order valence-electron chi connectivity index (χ2n) is 6.06. The second kappa shape index (κ2) is 7.81. The van der Waals surface area contributed by atoms with Crippen LogP contribution in [0.4, 0.5) is 0 Å². The third kappa shape index (κ3) is 3.86. The molecule has 0 N–H and O–H groups in total. The summed E-state index contributed by atoms with van der Waals surface area (Å²) in [6, 6.07) is 15.2. The van der Waals surface area contributed by atoms with Gasteiger partial charge in [0.1, 0.15) is 10.6 Å². The second-order valence-corrected chi connectivity index (χ2v) is 9.28. The number of ether oxygens (including phenoxy) is 1. The standard InChI is InChI=1S/C19H23NO3S2/c1-15-7-3-4-8-16(15)18-11-12-20(13-14-24-18)25(21,22)19-10-6-5-9-17(19)23-2/h3-10,18H,11-14H2,1-2H3/t18-/m0/s1. The van der Waals surface area contributed by atoms with Crippen LogP contribution in [0.1, 0.15) is 22.8 Å². The average molecular weight is 378 g/mol. The van der Waals surface area contributed by atoms with Gasteiger partial charge in [0, 0.05) is 24.1 Å². The average Bonchev–Trinajstić information content (AvgIpc) is 2.88. The van der Waals surface area contributed by atoms with Gasteiger partial charge in [0.25, 0.3) is 0 Å². The van der Waals surface area contributed by atoms with E-state index in [1.54, 1.807) is 28.6 Å². The highest BCUT2D eigenvalue weighted by atomic mass is 32.2. The van der Waals surface area contributed by atoms with Crippen molar-refractivity contribution in [1.82, 2.24) is 4.31 Å². The van der Waals surface area contributed by atoms with Crippen molar-refractivity contribution in [2.45, 2.75) is 23.5 Å². The van der Waals surface area contributed by atoms with Gasteiger partial charge in [-0.25, -0.2) is 8.42 Å². The monoisotopic (exact) mass is 377 g/mol. The maximum atomic E-state index is 13.1. The van der Waals surface area contributed by atoms with Crippen molar-refractivity contribution in [2.75, 3.05) is 26.0 Å². The summed E-state index contributed by atoms with van der Waals surface area (Å²) in [5, 5.41) is 0.332. The topological polar surface area (TPSA) is 46.6 Å². The summed E-state index contributed by atoms with van der Waals surface area (Å²) in [5.74, 6) is 1.18. The van der Waals surface area contributed by atoms with Crippen LogP contribution in [0.15, 0.2) is 53.4 Å². The minimum absolute atomic E-state index is 0.247. The van der Waals surface area contributed by atoms with Gasteiger partial charge in [-0.05, 0) is 36.6 Å². The lowest BCUT2D eigenvalue weighted by Crippen LogP contribution is -2.33. The summed E-state index contributed by atoms with van der Waals surface area (Å²) in [7, 11) is -2.05. The molecule has 0 radical (unpaired) electrons. The van der Waals surface area contributed by atoms with E-state index in [1.165, 1.54) is 18.2 Å². The summed E-state index contributed by atoms with van der Waals surface area (Å²) >= 11 is 1.84. The molecule has 3 rings (SSSR count). The Morgan fingerprint density at radius 2 is 1.80 bits per heavy atom. The van der Waals surface area contributed by atoms with Crippen LogP contribution in [0.25, 0.3) is 0 Å². The fourth-order valence-corrected chi connectivity index (χ4v) is 6.21. The first-order valence-electron chi connectivity index (χ1n) is 8.34. The molecule has 0 aromatic heterocycles. The lowest BCUT2D eigenvalue weighted by molar-refractivity contribution is 0.393. The molecule has 0 saturated carbocycles. The minimum Gasteiger partial charge on any atom is -0.495 e. The summed E-state index contributed by atoms with van der Waals surface area (Å²) in [6.45, 7) is 3.16. The predicted octanol–water partition coefficient (Wildman–Crippen LogP) is 3.87. The van der Waals surface area contributed by atoms with Crippen LogP contribution in [0.5, 0.6) is 5.75 Å². The normalized spacial score (nSPS) is 19.4. The Hall–Kier alpha value is -1.50. The number of hydrogen-bond acceptors (Lipinski definition) is 4. The molecule has 134 valence electrons. The van der Waals surface area contributed by atoms with Gasteiger partial charge in [0.2, 0.25) is 10.0 Å². The molecule has 1 saturated heterocycles. The Labute approximate surface area is 154 Å². The molecule has 0 bridgehead atoms.